The molecule has 0 spiro atoms. The Bertz CT molecular complexity index is 561. The van der Waals surface area contributed by atoms with E-state index in [2.05, 4.69) is 49.4 Å². The van der Waals surface area contributed by atoms with Crippen LogP contribution < -0.4 is 10.6 Å². The van der Waals surface area contributed by atoms with Crippen LogP contribution in [0.3, 0.4) is 0 Å². The summed E-state index contributed by atoms with van der Waals surface area (Å²) in [5.74, 6) is 1.06. The highest BCUT2D eigenvalue weighted by atomic mass is 15.2. The van der Waals surface area contributed by atoms with E-state index in [1.165, 1.54) is 5.69 Å². The Morgan fingerprint density at radius 2 is 2.05 bits per heavy atom. The highest BCUT2D eigenvalue weighted by Gasteiger charge is 2.19. The summed E-state index contributed by atoms with van der Waals surface area (Å²) in [6.45, 7) is 6.56. The minimum absolute atomic E-state index is 0.180. The van der Waals surface area contributed by atoms with Crippen LogP contribution in [0.15, 0.2) is 24.4 Å². The van der Waals surface area contributed by atoms with E-state index in [0.29, 0.717) is 6.04 Å². The molecule has 0 aliphatic heterocycles. The smallest absolute Gasteiger partial charge is 0.151 e. The molecule has 0 fully saturated rings. The predicted molar refractivity (Wildman–Crippen MR) is 85.3 cm³/mol. The lowest BCUT2D eigenvalue weighted by atomic mass is 10.1. The molecule has 2 aromatic rings. The zero-order valence-electron chi connectivity index (χ0n) is 13.0. The first-order valence-corrected chi connectivity index (χ1v) is 7.52. The Morgan fingerprint density at radius 1 is 1.30 bits per heavy atom. The lowest BCUT2D eigenvalue weighted by Crippen LogP contribution is -2.30. The molecule has 4 nitrogen and oxygen atoms in total. The first kappa shape index (κ1) is 14.9. The molecule has 110 valence electrons. The van der Waals surface area contributed by atoms with Gasteiger partial charge in [-0.05, 0) is 31.9 Å². The van der Waals surface area contributed by atoms with Crippen LogP contribution in [0, 0.1) is 0 Å². The molecule has 0 radical (unpaired) electrons. The molecule has 0 amide bonds. The van der Waals surface area contributed by atoms with Crippen LogP contribution in [0.2, 0.25) is 0 Å². The molecular formula is C16H26N4. The zero-order chi connectivity index (χ0) is 14.7. The maximum Gasteiger partial charge on any atom is 0.151 e. The third-order valence-electron chi connectivity index (χ3n) is 4.17. The van der Waals surface area contributed by atoms with Gasteiger partial charge in [0.15, 0.2) is 5.82 Å². The molecule has 0 bridgehead atoms. The number of imidazole rings is 1. The third-order valence-corrected chi connectivity index (χ3v) is 4.17. The highest BCUT2D eigenvalue weighted by molar-refractivity contribution is 5.56. The Kier molecular flexibility index (Phi) is 4.65. The van der Waals surface area contributed by atoms with Crippen LogP contribution >= 0.6 is 0 Å². The first-order valence-electron chi connectivity index (χ1n) is 7.52. The van der Waals surface area contributed by atoms with Gasteiger partial charge in [-0.15, -0.1) is 0 Å². The molecule has 4 heteroatoms. The van der Waals surface area contributed by atoms with Gasteiger partial charge in [-0.25, -0.2) is 4.98 Å². The monoisotopic (exact) mass is 274 g/mol. The molecule has 0 aliphatic rings. The van der Waals surface area contributed by atoms with Crippen LogP contribution in [0.25, 0.3) is 5.65 Å². The van der Waals surface area contributed by atoms with E-state index in [9.17, 15) is 0 Å². The molecule has 2 aromatic heterocycles. The molecule has 2 N–H and O–H groups in total. The Morgan fingerprint density at radius 3 is 2.70 bits per heavy atom. The number of hydrogen-bond acceptors (Lipinski definition) is 3. The van der Waals surface area contributed by atoms with Crippen LogP contribution in [0.4, 0.5) is 5.82 Å². The summed E-state index contributed by atoms with van der Waals surface area (Å²) in [5, 5.41) is 0. The zero-order valence-corrected chi connectivity index (χ0v) is 13.0. The van der Waals surface area contributed by atoms with Crippen molar-refractivity contribution < 1.29 is 0 Å². The van der Waals surface area contributed by atoms with Gasteiger partial charge in [-0.2, -0.15) is 0 Å². The van der Waals surface area contributed by atoms with Gasteiger partial charge in [0.25, 0.3) is 0 Å². The lowest BCUT2D eigenvalue weighted by Gasteiger charge is -2.25. The van der Waals surface area contributed by atoms with Crippen molar-refractivity contribution in [3.63, 3.8) is 0 Å². The summed E-state index contributed by atoms with van der Waals surface area (Å²) in [5.41, 5.74) is 8.39. The topological polar surface area (TPSA) is 46.6 Å². The average molecular weight is 274 g/mol. The second-order valence-electron chi connectivity index (χ2n) is 5.55. The quantitative estimate of drug-likeness (QED) is 0.881. The van der Waals surface area contributed by atoms with E-state index in [-0.39, 0.29) is 6.04 Å². The fourth-order valence-corrected chi connectivity index (χ4v) is 2.38. The fourth-order valence-electron chi connectivity index (χ4n) is 2.38. The summed E-state index contributed by atoms with van der Waals surface area (Å²) in [6, 6.07) is 6.77. The maximum absolute atomic E-state index is 6.17. The van der Waals surface area contributed by atoms with Crippen molar-refractivity contribution in [1.29, 1.82) is 0 Å². The summed E-state index contributed by atoms with van der Waals surface area (Å²) in [4.78, 5) is 7.07. The third kappa shape index (κ3) is 2.80. The highest BCUT2D eigenvalue weighted by Crippen LogP contribution is 2.24. The fraction of sp³-hybridized carbons (Fsp3) is 0.562. The van der Waals surface area contributed by atoms with Crippen molar-refractivity contribution >= 4 is 11.5 Å². The maximum atomic E-state index is 6.17. The first-order chi connectivity index (χ1) is 9.58. The number of fused-ring (bicyclic) bond motifs is 1. The molecule has 0 aromatic carbocycles. The second kappa shape index (κ2) is 6.27. The van der Waals surface area contributed by atoms with Gasteiger partial charge < -0.3 is 15.0 Å². The van der Waals surface area contributed by atoms with E-state index in [1.54, 1.807) is 0 Å². The van der Waals surface area contributed by atoms with Gasteiger partial charge in [-0.1, -0.05) is 19.9 Å². The molecule has 0 saturated carbocycles. The normalized spacial score (nSPS) is 14.4. The largest absolute Gasteiger partial charge is 0.355 e. The molecule has 2 heterocycles. The molecule has 2 rings (SSSR count). The van der Waals surface area contributed by atoms with E-state index < -0.39 is 0 Å². The van der Waals surface area contributed by atoms with Crippen molar-refractivity contribution in [2.45, 2.75) is 52.1 Å². The Balaban J connectivity index is 2.48. The molecule has 0 aliphatic carbocycles. The summed E-state index contributed by atoms with van der Waals surface area (Å²) >= 11 is 0. The minimum atomic E-state index is 0.180. The molecule has 20 heavy (non-hydrogen) atoms. The summed E-state index contributed by atoms with van der Waals surface area (Å²) in [6.07, 6.45) is 5.02. The molecular weight excluding hydrogens is 248 g/mol. The van der Waals surface area contributed by atoms with Gasteiger partial charge in [-0.3, -0.25) is 0 Å². The van der Waals surface area contributed by atoms with Gasteiger partial charge >= 0.3 is 0 Å². The van der Waals surface area contributed by atoms with Crippen molar-refractivity contribution in [1.82, 2.24) is 9.38 Å². The van der Waals surface area contributed by atoms with Crippen LogP contribution in [0.5, 0.6) is 0 Å². The number of pyridine rings is 1. The summed E-state index contributed by atoms with van der Waals surface area (Å²) in [7, 11) is 2.12. The average Bonchev–Trinajstić information content (AvgIpc) is 2.84. The Hall–Kier alpha value is -1.55. The van der Waals surface area contributed by atoms with Gasteiger partial charge in [0, 0.05) is 31.7 Å². The predicted octanol–water partition coefficient (Wildman–Crippen LogP) is 2.85. The summed E-state index contributed by atoms with van der Waals surface area (Å²) < 4.78 is 2.17. The van der Waals surface area contributed by atoms with E-state index in [0.717, 1.165) is 30.7 Å². The standard InChI is InChI=1S/C16H26N4/c1-5-12(3)19(4)16-14(11-13(17)6-2)20-10-8-7-9-15(20)18-16/h7-10,12-13H,5-6,11,17H2,1-4H3. The van der Waals surface area contributed by atoms with Crippen molar-refractivity contribution in [3.05, 3.63) is 30.1 Å². The van der Waals surface area contributed by atoms with Gasteiger partial charge in [0.1, 0.15) is 5.65 Å². The van der Waals surface area contributed by atoms with Crippen LogP contribution in [-0.2, 0) is 6.42 Å². The van der Waals surface area contributed by atoms with E-state index in [4.69, 9.17) is 10.7 Å². The lowest BCUT2D eigenvalue weighted by molar-refractivity contribution is 0.621. The SMILES string of the molecule is CCC(N)Cc1c(N(C)C(C)CC)nc2ccccn12. The van der Waals surface area contributed by atoms with Crippen molar-refractivity contribution in [2.24, 2.45) is 5.73 Å². The van der Waals surface area contributed by atoms with Crippen LogP contribution in [-0.4, -0.2) is 28.5 Å². The number of anilines is 1. The molecule has 0 saturated heterocycles. The molecule has 2 unspecified atom stereocenters. The van der Waals surface area contributed by atoms with E-state index in [1.807, 2.05) is 12.1 Å². The Labute approximate surface area is 121 Å². The number of nitrogens with zero attached hydrogens (tertiary/aromatic N) is 3. The minimum Gasteiger partial charge on any atom is -0.355 e. The second-order valence-corrected chi connectivity index (χ2v) is 5.55. The number of nitrogens with two attached hydrogens (primary N) is 1. The number of rotatable bonds is 6. The van der Waals surface area contributed by atoms with Crippen LogP contribution in [0.1, 0.15) is 39.3 Å². The van der Waals surface area contributed by atoms with Gasteiger partial charge in [0.2, 0.25) is 0 Å². The number of aromatic nitrogens is 2. The van der Waals surface area contributed by atoms with Gasteiger partial charge in [0.05, 0.1) is 5.69 Å². The number of hydrogen-bond donors (Lipinski definition) is 1. The molecule has 2 atom stereocenters. The van der Waals surface area contributed by atoms with Crippen molar-refractivity contribution in [2.75, 3.05) is 11.9 Å². The van der Waals surface area contributed by atoms with Crippen molar-refractivity contribution in [3.8, 4) is 0 Å². The van der Waals surface area contributed by atoms with E-state index >= 15 is 0 Å².